The third-order valence-corrected chi connectivity index (χ3v) is 2.99. The van der Waals surface area contributed by atoms with Gasteiger partial charge in [-0.25, -0.2) is 5.43 Å². The second kappa shape index (κ2) is 3.90. The fourth-order valence-corrected chi connectivity index (χ4v) is 2.17. The minimum atomic E-state index is -0.148. The van der Waals surface area contributed by atoms with E-state index < -0.39 is 0 Å². The smallest absolute Gasteiger partial charge is 0.239 e. The van der Waals surface area contributed by atoms with Crippen LogP contribution in [0.3, 0.4) is 0 Å². The molecule has 0 aromatic heterocycles. The van der Waals surface area contributed by atoms with Gasteiger partial charge in [-0.2, -0.15) is 0 Å². The van der Waals surface area contributed by atoms with Crippen molar-refractivity contribution in [3.63, 3.8) is 0 Å². The predicted octanol–water partition coefficient (Wildman–Crippen LogP) is -0.139. The summed E-state index contributed by atoms with van der Waals surface area (Å²) in [5.41, 5.74) is 3.02. The van der Waals surface area contributed by atoms with Crippen LogP contribution in [0.5, 0.6) is 0 Å². The van der Waals surface area contributed by atoms with E-state index in [1.165, 1.54) is 11.9 Å². The number of hydrogen-bond donors (Lipinski definition) is 1. The van der Waals surface area contributed by atoms with Gasteiger partial charge in [0.15, 0.2) is 5.78 Å². The normalized spacial score (nSPS) is 24.9. The van der Waals surface area contributed by atoms with Gasteiger partial charge in [-0.3, -0.25) is 14.6 Å². The Kier molecular flexibility index (Phi) is 2.75. The highest BCUT2D eigenvalue weighted by Gasteiger charge is 2.43. The van der Waals surface area contributed by atoms with E-state index in [2.05, 4.69) is 5.43 Å². The van der Waals surface area contributed by atoms with Crippen LogP contribution in [0.15, 0.2) is 0 Å². The van der Waals surface area contributed by atoms with Gasteiger partial charge in [0.1, 0.15) is 0 Å². The molecule has 2 rings (SSSR count). The second-order valence-corrected chi connectivity index (χ2v) is 4.36. The molecule has 0 radical (unpaired) electrons. The summed E-state index contributed by atoms with van der Waals surface area (Å²) >= 11 is 0. The van der Waals surface area contributed by atoms with Gasteiger partial charge >= 0.3 is 0 Å². The van der Waals surface area contributed by atoms with E-state index in [0.29, 0.717) is 19.6 Å². The molecule has 2 aliphatic heterocycles. The van der Waals surface area contributed by atoms with Crippen LogP contribution in [-0.2, 0) is 14.3 Å². The van der Waals surface area contributed by atoms with Crippen molar-refractivity contribution in [1.82, 2.24) is 10.4 Å². The first-order chi connectivity index (χ1) is 7.11. The van der Waals surface area contributed by atoms with Gasteiger partial charge in [-0.1, -0.05) is 0 Å². The Balaban J connectivity index is 2.01. The monoisotopic (exact) mass is 212 g/mol. The average molecular weight is 212 g/mol. The Morgan fingerprint density at radius 2 is 2.20 bits per heavy atom. The molecule has 0 aromatic carbocycles. The van der Waals surface area contributed by atoms with Crippen molar-refractivity contribution in [1.29, 1.82) is 0 Å². The molecular weight excluding hydrogens is 196 g/mol. The topological polar surface area (TPSA) is 58.6 Å². The zero-order valence-corrected chi connectivity index (χ0v) is 8.91. The quantitative estimate of drug-likeness (QED) is 0.692. The van der Waals surface area contributed by atoms with E-state index in [1.807, 2.05) is 0 Å². The molecular formula is C10H16N2O3. The molecule has 0 saturated carbocycles. The fourth-order valence-electron chi connectivity index (χ4n) is 2.17. The molecule has 0 unspecified atom stereocenters. The maximum Gasteiger partial charge on any atom is 0.239 e. The summed E-state index contributed by atoms with van der Waals surface area (Å²) < 4.78 is 5.27. The van der Waals surface area contributed by atoms with Crippen LogP contribution < -0.4 is 5.43 Å². The minimum absolute atomic E-state index is 0.0000376. The second-order valence-electron chi connectivity index (χ2n) is 4.36. The first-order valence-electron chi connectivity index (χ1n) is 5.27. The SMILES string of the molecule is CC(=O)CN1NC2(CCOCC2)CC1=O. The number of carbonyl (C=O) groups is 2. The molecule has 1 amide bonds. The Labute approximate surface area is 88.7 Å². The van der Waals surface area contributed by atoms with E-state index in [4.69, 9.17) is 4.74 Å². The standard InChI is InChI=1S/C10H16N2O3/c1-8(13)7-12-9(14)6-10(11-12)2-4-15-5-3-10/h11H,2-7H2,1H3. The summed E-state index contributed by atoms with van der Waals surface area (Å²) in [6.07, 6.45) is 2.17. The molecule has 5 nitrogen and oxygen atoms in total. The summed E-state index contributed by atoms with van der Waals surface area (Å²) in [5.74, 6) is 0.0204. The number of hydrazine groups is 1. The lowest BCUT2D eigenvalue weighted by molar-refractivity contribution is -0.133. The molecule has 0 atom stereocenters. The molecule has 1 spiro atoms. The zero-order valence-electron chi connectivity index (χ0n) is 8.91. The Bertz CT molecular complexity index is 284. The highest BCUT2D eigenvalue weighted by Crippen LogP contribution is 2.29. The molecule has 2 saturated heterocycles. The van der Waals surface area contributed by atoms with Crippen molar-refractivity contribution in [2.24, 2.45) is 0 Å². The van der Waals surface area contributed by atoms with Crippen molar-refractivity contribution in [2.75, 3.05) is 19.8 Å². The van der Waals surface area contributed by atoms with E-state index in [-0.39, 0.29) is 23.8 Å². The van der Waals surface area contributed by atoms with Gasteiger partial charge in [0.2, 0.25) is 5.91 Å². The molecule has 5 heteroatoms. The largest absolute Gasteiger partial charge is 0.381 e. The van der Waals surface area contributed by atoms with Crippen LogP contribution in [0.25, 0.3) is 0 Å². The van der Waals surface area contributed by atoms with Gasteiger partial charge in [0.25, 0.3) is 0 Å². The number of amides is 1. The van der Waals surface area contributed by atoms with Crippen molar-refractivity contribution in [2.45, 2.75) is 31.7 Å². The molecule has 15 heavy (non-hydrogen) atoms. The summed E-state index contributed by atoms with van der Waals surface area (Å²) in [5, 5.41) is 1.45. The first-order valence-corrected chi connectivity index (χ1v) is 5.27. The highest BCUT2D eigenvalue weighted by molar-refractivity contribution is 5.86. The lowest BCUT2D eigenvalue weighted by Gasteiger charge is -2.33. The van der Waals surface area contributed by atoms with Crippen molar-refractivity contribution in [3.05, 3.63) is 0 Å². The first kappa shape index (κ1) is 10.6. The van der Waals surface area contributed by atoms with Gasteiger partial charge in [0, 0.05) is 19.6 Å². The van der Waals surface area contributed by atoms with Crippen LogP contribution in [0.4, 0.5) is 0 Å². The van der Waals surface area contributed by atoms with Crippen LogP contribution in [0.2, 0.25) is 0 Å². The Morgan fingerprint density at radius 1 is 1.53 bits per heavy atom. The molecule has 0 aliphatic carbocycles. The average Bonchev–Trinajstić information content (AvgIpc) is 2.43. The van der Waals surface area contributed by atoms with E-state index >= 15 is 0 Å². The third-order valence-electron chi connectivity index (χ3n) is 2.99. The number of carbonyl (C=O) groups excluding carboxylic acids is 2. The van der Waals surface area contributed by atoms with Gasteiger partial charge < -0.3 is 4.74 Å². The maximum absolute atomic E-state index is 11.7. The third kappa shape index (κ3) is 2.18. The van der Waals surface area contributed by atoms with E-state index in [0.717, 1.165) is 12.8 Å². The molecule has 0 bridgehead atoms. The lowest BCUT2D eigenvalue weighted by Crippen LogP contribution is -2.50. The van der Waals surface area contributed by atoms with E-state index in [9.17, 15) is 9.59 Å². The molecule has 2 aliphatic rings. The fraction of sp³-hybridized carbons (Fsp3) is 0.800. The van der Waals surface area contributed by atoms with Crippen LogP contribution in [0, 0.1) is 0 Å². The predicted molar refractivity (Wildman–Crippen MR) is 52.9 cm³/mol. The molecule has 1 N–H and O–H groups in total. The van der Waals surface area contributed by atoms with Crippen LogP contribution >= 0.6 is 0 Å². The van der Waals surface area contributed by atoms with Crippen molar-refractivity contribution in [3.8, 4) is 0 Å². The minimum Gasteiger partial charge on any atom is -0.381 e. The summed E-state index contributed by atoms with van der Waals surface area (Å²) in [4.78, 5) is 22.6. The maximum atomic E-state index is 11.7. The number of nitrogens with zero attached hydrogens (tertiary/aromatic N) is 1. The Morgan fingerprint density at radius 3 is 2.80 bits per heavy atom. The molecule has 2 heterocycles. The van der Waals surface area contributed by atoms with Gasteiger partial charge in [-0.05, 0) is 19.8 Å². The molecule has 0 aromatic rings. The molecule has 84 valence electrons. The summed E-state index contributed by atoms with van der Waals surface area (Å²) in [6.45, 7) is 3.04. The number of ketones is 1. The molecule has 2 fully saturated rings. The lowest BCUT2D eigenvalue weighted by atomic mass is 9.89. The number of ether oxygens (including phenoxy) is 1. The summed E-state index contributed by atoms with van der Waals surface area (Å²) in [6, 6.07) is 0. The number of rotatable bonds is 2. The van der Waals surface area contributed by atoms with Crippen molar-refractivity contribution >= 4 is 11.7 Å². The summed E-state index contributed by atoms with van der Waals surface area (Å²) in [7, 11) is 0. The van der Waals surface area contributed by atoms with Gasteiger partial charge in [-0.15, -0.1) is 0 Å². The highest BCUT2D eigenvalue weighted by atomic mass is 16.5. The van der Waals surface area contributed by atoms with Gasteiger partial charge in [0.05, 0.1) is 12.1 Å². The number of nitrogens with one attached hydrogen (secondary N) is 1. The number of Topliss-reactive ketones (excluding diaryl/α,β-unsaturated/α-hetero) is 1. The zero-order chi connectivity index (χ0) is 10.9. The van der Waals surface area contributed by atoms with Crippen molar-refractivity contribution < 1.29 is 14.3 Å². The van der Waals surface area contributed by atoms with Crippen LogP contribution in [-0.4, -0.2) is 42.0 Å². The van der Waals surface area contributed by atoms with Crippen LogP contribution in [0.1, 0.15) is 26.2 Å². The number of hydrogen-bond acceptors (Lipinski definition) is 4. The van der Waals surface area contributed by atoms with E-state index in [1.54, 1.807) is 0 Å². The Hall–Kier alpha value is -0.940.